The molecule has 82 valence electrons. The van der Waals surface area contributed by atoms with Gasteiger partial charge in [-0.1, -0.05) is 13.0 Å². The summed E-state index contributed by atoms with van der Waals surface area (Å²) in [5.74, 6) is 0.893. The number of allylic oxidation sites excluding steroid dienone is 2. The molecule has 0 aliphatic heterocycles. The molecular weight excluding hydrogens is 186 g/mol. The van der Waals surface area contributed by atoms with Crippen molar-refractivity contribution in [1.29, 1.82) is 0 Å². The van der Waals surface area contributed by atoms with Crippen LogP contribution < -0.4 is 9.64 Å². The molecule has 2 heteroatoms. The molecule has 0 heterocycles. The van der Waals surface area contributed by atoms with E-state index >= 15 is 0 Å². The van der Waals surface area contributed by atoms with Crippen LogP contribution in [0.25, 0.3) is 0 Å². The Balaban J connectivity index is 2.82. The third-order valence-electron chi connectivity index (χ3n) is 2.49. The molecule has 15 heavy (non-hydrogen) atoms. The van der Waals surface area contributed by atoms with Crippen molar-refractivity contribution in [2.75, 3.05) is 19.1 Å². The van der Waals surface area contributed by atoms with Crippen molar-refractivity contribution in [2.45, 2.75) is 20.3 Å². The van der Waals surface area contributed by atoms with Gasteiger partial charge in [0.15, 0.2) is 0 Å². The molecule has 0 atom stereocenters. The van der Waals surface area contributed by atoms with Crippen LogP contribution in [0.15, 0.2) is 36.0 Å². The van der Waals surface area contributed by atoms with E-state index in [9.17, 15) is 0 Å². The van der Waals surface area contributed by atoms with Gasteiger partial charge in [-0.25, -0.2) is 0 Å². The molecule has 0 amide bonds. The summed E-state index contributed by atoms with van der Waals surface area (Å²) in [6.07, 6.45) is 3.27. The number of nitrogens with zero attached hydrogens (tertiary/aromatic N) is 1. The van der Waals surface area contributed by atoms with E-state index < -0.39 is 0 Å². The monoisotopic (exact) mass is 205 g/mol. The molecule has 1 aromatic rings. The van der Waals surface area contributed by atoms with Crippen molar-refractivity contribution in [3.05, 3.63) is 36.0 Å². The summed E-state index contributed by atoms with van der Waals surface area (Å²) in [7, 11) is 3.75. The first-order chi connectivity index (χ1) is 7.19. The van der Waals surface area contributed by atoms with Gasteiger partial charge < -0.3 is 9.64 Å². The predicted molar refractivity (Wildman–Crippen MR) is 65.4 cm³/mol. The van der Waals surface area contributed by atoms with E-state index in [1.54, 1.807) is 7.11 Å². The van der Waals surface area contributed by atoms with Crippen LogP contribution in [0.4, 0.5) is 5.69 Å². The predicted octanol–water partition coefficient (Wildman–Crippen LogP) is 3.45. The molecule has 0 aromatic heterocycles. The summed E-state index contributed by atoms with van der Waals surface area (Å²) in [5.41, 5.74) is 2.45. The average molecular weight is 205 g/mol. The van der Waals surface area contributed by atoms with Gasteiger partial charge >= 0.3 is 0 Å². The molecule has 0 N–H and O–H groups in total. The Morgan fingerprint density at radius 3 is 2.40 bits per heavy atom. The van der Waals surface area contributed by atoms with E-state index in [1.807, 2.05) is 12.1 Å². The maximum atomic E-state index is 5.12. The quantitative estimate of drug-likeness (QED) is 0.746. The molecule has 0 saturated heterocycles. The van der Waals surface area contributed by atoms with Crippen LogP contribution in [0, 0.1) is 0 Å². The van der Waals surface area contributed by atoms with E-state index in [0.717, 1.165) is 12.2 Å². The number of hydrogen-bond acceptors (Lipinski definition) is 2. The van der Waals surface area contributed by atoms with Crippen LogP contribution >= 0.6 is 0 Å². The van der Waals surface area contributed by atoms with Crippen LogP contribution in [0.1, 0.15) is 20.3 Å². The summed E-state index contributed by atoms with van der Waals surface area (Å²) in [6, 6.07) is 8.08. The highest BCUT2D eigenvalue weighted by atomic mass is 16.5. The lowest BCUT2D eigenvalue weighted by molar-refractivity contribution is 0.415. The van der Waals surface area contributed by atoms with Gasteiger partial charge in [-0.3, -0.25) is 0 Å². The average Bonchev–Trinajstić information content (AvgIpc) is 2.28. The molecule has 0 fully saturated rings. The second-order valence-corrected chi connectivity index (χ2v) is 3.51. The molecule has 0 unspecified atom stereocenters. The van der Waals surface area contributed by atoms with Gasteiger partial charge in [0.1, 0.15) is 5.75 Å². The van der Waals surface area contributed by atoms with Gasteiger partial charge in [0.05, 0.1) is 7.11 Å². The lowest BCUT2D eigenvalue weighted by atomic mass is 10.2. The molecule has 0 radical (unpaired) electrons. The smallest absolute Gasteiger partial charge is 0.119 e. The van der Waals surface area contributed by atoms with Gasteiger partial charge in [0, 0.05) is 18.4 Å². The van der Waals surface area contributed by atoms with E-state index in [0.29, 0.717) is 0 Å². The first-order valence-corrected chi connectivity index (χ1v) is 5.23. The standard InChI is InChI=1S/C13H19NO/c1-5-6-11(2)14(3)12-7-9-13(15-4)10-8-12/h6-10H,5H2,1-4H3/b11-6-. The van der Waals surface area contributed by atoms with Crippen molar-refractivity contribution in [3.63, 3.8) is 0 Å². The molecule has 1 aromatic carbocycles. The minimum Gasteiger partial charge on any atom is -0.497 e. The summed E-state index contributed by atoms with van der Waals surface area (Å²) in [5, 5.41) is 0. The van der Waals surface area contributed by atoms with Gasteiger partial charge in [-0.2, -0.15) is 0 Å². The minimum atomic E-state index is 0.893. The number of anilines is 1. The molecule has 2 nitrogen and oxygen atoms in total. The zero-order valence-electron chi connectivity index (χ0n) is 9.95. The van der Waals surface area contributed by atoms with Crippen LogP contribution in [0.2, 0.25) is 0 Å². The third-order valence-corrected chi connectivity index (χ3v) is 2.49. The maximum Gasteiger partial charge on any atom is 0.119 e. The highest BCUT2D eigenvalue weighted by Gasteiger charge is 2.01. The Morgan fingerprint density at radius 2 is 1.93 bits per heavy atom. The SMILES string of the molecule is CC/C=C(/C)N(C)c1ccc(OC)cc1. The number of benzene rings is 1. The molecule has 0 aliphatic rings. The lowest BCUT2D eigenvalue weighted by Crippen LogP contribution is -2.13. The van der Waals surface area contributed by atoms with Crippen LogP contribution in [0.3, 0.4) is 0 Å². The number of hydrogen-bond donors (Lipinski definition) is 0. The topological polar surface area (TPSA) is 12.5 Å². The van der Waals surface area contributed by atoms with Gasteiger partial charge in [0.2, 0.25) is 0 Å². The maximum absolute atomic E-state index is 5.12. The highest BCUT2D eigenvalue weighted by Crippen LogP contribution is 2.20. The van der Waals surface area contributed by atoms with Crippen molar-refractivity contribution in [3.8, 4) is 5.75 Å². The Labute approximate surface area is 92.2 Å². The molecule has 1 rings (SSSR count). The Morgan fingerprint density at radius 1 is 1.33 bits per heavy atom. The molecule has 0 aliphatic carbocycles. The van der Waals surface area contributed by atoms with Crippen molar-refractivity contribution in [2.24, 2.45) is 0 Å². The number of methoxy groups -OCH3 is 1. The van der Waals surface area contributed by atoms with Gasteiger partial charge in [0.25, 0.3) is 0 Å². The third kappa shape index (κ3) is 3.01. The summed E-state index contributed by atoms with van der Waals surface area (Å²) < 4.78 is 5.12. The first-order valence-electron chi connectivity index (χ1n) is 5.23. The van der Waals surface area contributed by atoms with E-state index in [1.165, 1.54) is 11.4 Å². The van der Waals surface area contributed by atoms with E-state index in [2.05, 4.69) is 44.0 Å². The zero-order valence-corrected chi connectivity index (χ0v) is 9.95. The highest BCUT2D eigenvalue weighted by molar-refractivity contribution is 5.52. The van der Waals surface area contributed by atoms with Crippen molar-refractivity contribution in [1.82, 2.24) is 0 Å². The number of ether oxygens (including phenoxy) is 1. The Kier molecular flexibility index (Phi) is 4.22. The van der Waals surface area contributed by atoms with Gasteiger partial charge in [-0.15, -0.1) is 0 Å². The Hall–Kier alpha value is -1.44. The second kappa shape index (κ2) is 5.44. The van der Waals surface area contributed by atoms with Crippen LogP contribution in [0.5, 0.6) is 5.75 Å². The molecule has 0 spiro atoms. The minimum absolute atomic E-state index is 0.893. The largest absolute Gasteiger partial charge is 0.497 e. The van der Waals surface area contributed by atoms with E-state index in [4.69, 9.17) is 4.74 Å². The fraction of sp³-hybridized carbons (Fsp3) is 0.385. The van der Waals surface area contributed by atoms with Crippen molar-refractivity contribution < 1.29 is 4.74 Å². The molecule has 0 saturated carbocycles. The van der Waals surface area contributed by atoms with Gasteiger partial charge in [-0.05, 0) is 37.6 Å². The van der Waals surface area contributed by atoms with Crippen molar-refractivity contribution >= 4 is 5.69 Å². The molecule has 0 bridgehead atoms. The summed E-state index contributed by atoms with van der Waals surface area (Å²) in [6.45, 7) is 4.26. The summed E-state index contributed by atoms with van der Waals surface area (Å²) >= 11 is 0. The Bertz CT molecular complexity index is 327. The van der Waals surface area contributed by atoms with Crippen LogP contribution in [-0.2, 0) is 0 Å². The fourth-order valence-electron chi connectivity index (χ4n) is 1.44. The van der Waals surface area contributed by atoms with Crippen LogP contribution in [-0.4, -0.2) is 14.2 Å². The lowest BCUT2D eigenvalue weighted by Gasteiger charge is -2.20. The fourth-order valence-corrected chi connectivity index (χ4v) is 1.44. The molecular formula is C13H19NO. The summed E-state index contributed by atoms with van der Waals surface area (Å²) in [4.78, 5) is 2.17. The number of rotatable bonds is 4. The second-order valence-electron chi connectivity index (χ2n) is 3.51. The normalized spacial score (nSPS) is 11.3. The first kappa shape index (κ1) is 11.6. The zero-order chi connectivity index (χ0) is 11.3. The van der Waals surface area contributed by atoms with E-state index in [-0.39, 0.29) is 0 Å².